The Morgan fingerprint density at radius 3 is 2.48 bits per heavy atom. The molecule has 27 heavy (non-hydrogen) atoms. The molecule has 2 amide bonds. The summed E-state index contributed by atoms with van der Waals surface area (Å²) in [6.07, 6.45) is 4.99. The Kier molecular flexibility index (Phi) is 5.12. The van der Waals surface area contributed by atoms with Crippen LogP contribution in [0, 0.1) is 5.82 Å². The lowest BCUT2D eigenvalue weighted by molar-refractivity contribution is -0.138. The van der Waals surface area contributed by atoms with Gasteiger partial charge in [0, 0.05) is 43.3 Å². The Morgan fingerprint density at radius 2 is 1.78 bits per heavy atom. The summed E-state index contributed by atoms with van der Waals surface area (Å²) in [4.78, 5) is 31.3. The van der Waals surface area contributed by atoms with Gasteiger partial charge in [0.1, 0.15) is 5.82 Å². The van der Waals surface area contributed by atoms with Gasteiger partial charge in [0.05, 0.1) is 12.1 Å². The molecule has 0 N–H and O–H groups in total. The van der Waals surface area contributed by atoms with Crippen molar-refractivity contribution < 1.29 is 14.0 Å². The van der Waals surface area contributed by atoms with Crippen LogP contribution in [0.15, 0.2) is 18.2 Å². The summed E-state index contributed by atoms with van der Waals surface area (Å²) in [5.41, 5.74) is -0.114. The number of halogens is 2. The second-order valence-corrected chi connectivity index (χ2v) is 8.37. The summed E-state index contributed by atoms with van der Waals surface area (Å²) in [6, 6.07) is 4.08. The highest BCUT2D eigenvalue weighted by Gasteiger charge is 2.49. The third kappa shape index (κ3) is 3.57. The van der Waals surface area contributed by atoms with Crippen LogP contribution in [0.5, 0.6) is 0 Å². The quantitative estimate of drug-likeness (QED) is 0.793. The van der Waals surface area contributed by atoms with Crippen molar-refractivity contribution in [3.63, 3.8) is 0 Å². The van der Waals surface area contributed by atoms with Gasteiger partial charge in [-0.05, 0) is 50.3 Å². The summed E-state index contributed by atoms with van der Waals surface area (Å²) < 4.78 is 14.1. The molecule has 3 fully saturated rings. The van der Waals surface area contributed by atoms with E-state index < -0.39 is 5.82 Å². The molecule has 0 aliphatic carbocycles. The van der Waals surface area contributed by atoms with Gasteiger partial charge in [-0.1, -0.05) is 11.6 Å². The number of rotatable bonds is 3. The average molecular weight is 394 g/mol. The van der Waals surface area contributed by atoms with Crippen LogP contribution < -0.4 is 0 Å². The molecule has 0 saturated carbocycles. The van der Waals surface area contributed by atoms with E-state index in [9.17, 15) is 14.0 Å². The standard InChI is InChI=1S/C20H25ClFN3O2/c21-15-4-5-17(22)16(12-15)19(27)24-10-3-6-20(14-24)7-11-25(20)13-18(26)23-8-1-2-9-23/h4-5,12H,1-3,6-11,13-14H2/t20-/m0/s1. The zero-order valence-electron chi connectivity index (χ0n) is 15.4. The molecule has 0 bridgehead atoms. The highest BCUT2D eigenvalue weighted by molar-refractivity contribution is 6.31. The molecule has 0 aromatic heterocycles. The first-order valence-electron chi connectivity index (χ1n) is 9.76. The van der Waals surface area contributed by atoms with Crippen molar-refractivity contribution >= 4 is 23.4 Å². The van der Waals surface area contributed by atoms with Gasteiger partial charge in [-0.15, -0.1) is 0 Å². The summed E-state index contributed by atoms with van der Waals surface area (Å²) >= 11 is 5.95. The summed E-state index contributed by atoms with van der Waals surface area (Å²) in [6.45, 7) is 4.18. The second kappa shape index (κ2) is 7.40. The van der Waals surface area contributed by atoms with E-state index in [-0.39, 0.29) is 22.9 Å². The normalized spacial score (nSPS) is 25.7. The van der Waals surface area contributed by atoms with E-state index in [0.717, 1.165) is 51.7 Å². The van der Waals surface area contributed by atoms with Crippen LogP contribution in [-0.2, 0) is 4.79 Å². The number of carbonyl (C=O) groups is 2. The van der Waals surface area contributed by atoms with Crippen molar-refractivity contribution in [2.75, 3.05) is 39.3 Å². The van der Waals surface area contributed by atoms with Crippen molar-refractivity contribution in [2.45, 2.75) is 37.6 Å². The molecular weight excluding hydrogens is 369 g/mol. The molecule has 4 rings (SSSR count). The molecule has 1 aromatic rings. The fourth-order valence-corrected chi connectivity index (χ4v) is 4.81. The average Bonchev–Trinajstić information content (AvgIpc) is 3.21. The minimum Gasteiger partial charge on any atom is -0.342 e. The largest absolute Gasteiger partial charge is 0.342 e. The van der Waals surface area contributed by atoms with Gasteiger partial charge in [0.25, 0.3) is 5.91 Å². The highest BCUT2D eigenvalue weighted by Crippen LogP contribution is 2.39. The number of hydrogen-bond donors (Lipinski definition) is 0. The Balaban J connectivity index is 1.45. The number of likely N-dealkylation sites (tertiary alicyclic amines) is 3. The number of benzene rings is 1. The van der Waals surface area contributed by atoms with Gasteiger partial charge in [0.15, 0.2) is 0 Å². The SMILES string of the molecule is O=C(CN1CC[C@]12CCCN(C(=O)c1cc(Cl)ccc1F)C2)N1CCCC1. The van der Waals surface area contributed by atoms with Crippen LogP contribution >= 0.6 is 11.6 Å². The minimum absolute atomic E-state index is 0.0265. The maximum absolute atomic E-state index is 14.1. The van der Waals surface area contributed by atoms with Crippen LogP contribution in [0.3, 0.4) is 0 Å². The van der Waals surface area contributed by atoms with E-state index in [4.69, 9.17) is 11.6 Å². The van der Waals surface area contributed by atoms with Crippen LogP contribution in [0.4, 0.5) is 4.39 Å². The minimum atomic E-state index is -0.543. The van der Waals surface area contributed by atoms with Crippen LogP contribution in [0.25, 0.3) is 0 Å². The highest BCUT2D eigenvalue weighted by atomic mass is 35.5. The molecule has 3 aliphatic heterocycles. The molecule has 0 unspecified atom stereocenters. The van der Waals surface area contributed by atoms with E-state index in [1.54, 1.807) is 4.90 Å². The van der Waals surface area contributed by atoms with Crippen molar-refractivity contribution in [1.29, 1.82) is 0 Å². The van der Waals surface area contributed by atoms with Crippen molar-refractivity contribution in [1.82, 2.24) is 14.7 Å². The van der Waals surface area contributed by atoms with Gasteiger partial charge < -0.3 is 9.80 Å². The molecule has 3 heterocycles. The first-order valence-corrected chi connectivity index (χ1v) is 10.1. The molecular formula is C20H25ClFN3O2. The number of nitrogens with zero attached hydrogens (tertiary/aromatic N) is 3. The number of amides is 2. The van der Waals surface area contributed by atoms with E-state index in [1.165, 1.54) is 18.2 Å². The molecule has 3 saturated heterocycles. The fraction of sp³-hybridized carbons (Fsp3) is 0.600. The lowest BCUT2D eigenvalue weighted by Crippen LogP contribution is -2.68. The first-order chi connectivity index (χ1) is 13.0. The lowest BCUT2D eigenvalue weighted by Gasteiger charge is -2.57. The first kappa shape index (κ1) is 18.7. The monoisotopic (exact) mass is 393 g/mol. The number of carbonyl (C=O) groups excluding carboxylic acids is 2. The van der Waals surface area contributed by atoms with E-state index in [0.29, 0.717) is 24.7 Å². The topological polar surface area (TPSA) is 43.9 Å². The summed E-state index contributed by atoms with van der Waals surface area (Å²) in [7, 11) is 0. The van der Waals surface area contributed by atoms with Gasteiger partial charge in [-0.3, -0.25) is 14.5 Å². The lowest BCUT2D eigenvalue weighted by atomic mass is 9.77. The summed E-state index contributed by atoms with van der Waals surface area (Å²) in [5, 5.41) is 0.355. The van der Waals surface area contributed by atoms with Gasteiger partial charge >= 0.3 is 0 Å². The molecule has 146 valence electrons. The van der Waals surface area contributed by atoms with Crippen LogP contribution in [0.1, 0.15) is 42.5 Å². The third-order valence-electron chi connectivity index (χ3n) is 6.30. The smallest absolute Gasteiger partial charge is 0.256 e. The predicted molar refractivity (Wildman–Crippen MR) is 101 cm³/mol. The van der Waals surface area contributed by atoms with Crippen molar-refractivity contribution in [3.05, 3.63) is 34.6 Å². The zero-order chi connectivity index (χ0) is 19.0. The summed E-state index contributed by atoms with van der Waals surface area (Å²) in [5.74, 6) is -0.665. The predicted octanol–water partition coefficient (Wildman–Crippen LogP) is 2.78. The van der Waals surface area contributed by atoms with E-state index in [2.05, 4.69) is 4.90 Å². The van der Waals surface area contributed by atoms with Gasteiger partial charge in [0.2, 0.25) is 5.91 Å². The molecule has 1 atom stereocenters. The number of piperidine rings is 1. The van der Waals surface area contributed by atoms with Gasteiger partial charge in [-0.2, -0.15) is 0 Å². The Labute approximate surface area is 164 Å². The van der Waals surface area contributed by atoms with Gasteiger partial charge in [-0.25, -0.2) is 4.39 Å². The third-order valence-corrected chi connectivity index (χ3v) is 6.54. The van der Waals surface area contributed by atoms with Crippen LogP contribution in [0.2, 0.25) is 5.02 Å². The molecule has 3 aliphatic rings. The zero-order valence-corrected chi connectivity index (χ0v) is 16.2. The molecule has 1 aromatic carbocycles. The number of hydrogen-bond acceptors (Lipinski definition) is 3. The Bertz CT molecular complexity index is 753. The second-order valence-electron chi connectivity index (χ2n) is 7.94. The van der Waals surface area contributed by atoms with Crippen LogP contribution in [-0.4, -0.2) is 71.3 Å². The Hall–Kier alpha value is -1.66. The maximum Gasteiger partial charge on any atom is 0.256 e. The fourth-order valence-electron chi connectivity index (χ4n) is 4.64. The molecule has 5 nitrogen and oxygen atoms in total. The maximum atomic E-state index is 14.1. The molecule has 1 spiro atoms. The Morgan fingerprint density at radius 1 is 1.04 bits per heavy atom. The van der Waals surface area contributed by atoms with Crippen molar-refractivity contribution in [2.24, 2.45) is 0 Å². The van der Waals surface area contributed by atoms with E-state index >= 15 is 0 Å². The van der Waals surface area contributed by atoms with Crippen molar-refractivity contribution in [3.8, 4) is 0 Å². The molecule has 7 heteroatoms. The molecule has 0 radical (unpaired) electrons. The van der Waals surface area contributed by atoms with E-state index in [1.807, 2.05) is 4.90 Å².